The zero-order valence-corrected chi connectivity index (χ0v) is 14.2. The Hall–Kier alpha value is -1.76. The molecule has 0 atom stereocenters. The number of hydrogen-bond acceptors (Lipinski definition) is 6. The Morgan fingerprint density at radius 1 is 1.23 bits per heavy atom. The van der Waals surface area contributed by atoms with Crippen LogP contribution >= 0.6 is 0 Å². The van der Waals surface area contributed by atoms with Gasteiger partial charge < -0.3 is 24.4 Å². The molecule has 124 valence electrons. The monoisotopic (exact) mass is 398 g/mol. The minimum Gasteiger partial charge on any atom is -0.550 e. The van der Waals surface area contributed by atoms with E-state index in [-0.39, 0.29) is 28.3 Å². The van der Waals surface area contributed by atoms with E-state index in [0.29, 0.717) is 5.56 Å². The van der Waals surface area contributed by atoms with Crippen LogP contribution in [0, 0.1) is 0 Å². The number of nitrogens with zero attached hydrogens (tertiary/aromatic N) is 2. The minimum absolute atomic E-state index is 0. The van der Waals surface area contributed by atoms with Crippen LogP contribution in [0.25, 0.3) is 0 Å². The van der Waals surface area contributed by atoms with Gasteiger partial charge in [0.15, 0.2) is 0 Å². The van der Waals surface area contributed by atoms with Crippen LogP contribution in [0.4, 0.5) is 0 Å². The van der Waals surface area contributed by atoms with Crippen LogP contribution in [-0.2, 0) is 38.5 Å². The summed E-state index contributed by atoms with van der Waals surface area (Å²) >= 11 is 0. The molecule has 0 aromatic heterocycles. The Bertz CT molecular complexity index is 513. The molecule has 2 rings (SSSR count). The fraction of sp³-hybridized carbons (Fsp3) is 0.333. The molecule has 1 aliphatic heterocycles. The Balaban J connectivity index is 0.000000791. The maximum Gasteiger partial charge on any atom is 1.00 e. The topological polar surface area (TPSA) is 72.9 Å². The number of rotatable bonds is 3. The van der Waals surface area contributed by atoms with Crippen LogP contribution in [0.5, 0.6) is 0 Å². The number of hydrogen-bond donors (Lipinski definition) is 0. The van der Waals surface area contributed by atoms with Crippen molar-refractivity contribution in [1.82, 2.24) is 9.80 Å². The van der Waals surface area contributed by atoms with Gasteiger partial charge in [-0.05, 0) is 24.6 Å². The first-order valence-electron chi connectivity index (χ1n) is 6.40. The van der Waals surface area contributed by atoms with Gasteiger partial charge in [0.05, 0.1) is 19.3 Å². The maximum absolute atomic E-state index is 11.3. The summed E-state index contributed by atoms with van der Waals surface area (Å²) in [6.07, 6.45) is 4.11. The van der Waals surface area contributed by atoms with E-state index in [4.69, 9.17) is 9.90 Å². The van der Waals surface area contributed by atoms with Crippen molar-refractivity contribution in [3.05, 3.63) is 47.8 Å². The van der Waals surface area contributed by atoms with Gasteiger partial charge in [0.25, 0.3) is 0 Å². The molecular weight excluding hydrogens is 380 g/mol. The molecule has 6 nitrogen and oxygen atoms in total. The molecule has 22 heavy (non-hydrogen) atoms. The molecule has 0 spiro atoms. The second kappa shape index (κ2) is 10.0. The Kier molecular flexibility index (Phi) is 9.24. The summed E-state index contributed by atoms with van der Waals surface area (Å²) in [6.45, 7) is 2.72. The molecule has 0 fully saturated rings. The molecule has 0 saturated carbocycles. The summed E-state index contributed by atoms with van der Waals surface area (Å²) in [5.41, 5.74) is 1.77. The van der Waals surface area contributed by atoms with Gasteiger partial charge in [0.2, 0.25) is 0 Å². The van der Waals surface area contributed by atoms with Gasteiger partial charge in [-0.1, -0.05) is 12.1 Å². The Morgan fingerprint density at radius 3 is 2.18 bits per heavy atom. The van der Waals surface area contributed by atoms with Gasteiger partial charge in [-0.2, -0.15) is 0 Å². The van der Waals surface area contributed by atoms with E-state index < -0.39 is 5.97 Å². The van der Waals surface area contributed by atoms with E-state index in [2.05, 4.69) is 20.7 Å². The quantitative estimate of drug-likeness (QED) is 0.542. The van der Waals surface area contributed by atoms with Crippen LogP contribution < -0.4 is 5.11 Å². The van der Waals surface area contributed by atoms with Crippen LogP contribution in [0.15, 0.2) is 36.7 Å². The molecule has 7 heteroatoms. The third-order valence-electron chi connectivity index (χ3n) is 2.70. The molecule has 1 heterocycles. The van der Waals surface area contributed by atoms with Crippen molar-refractivity contribution in [2.45, 2.75) is 13.5 Å². The average Bonchev–Trinajstić information content (AvgIpc) is 2.83. The molecular formula is C15H19AgN2O4. The van der Waals surface area contributed by atoms with Crippen LogP contribution in [-0.4, -0.2) is 42.6 Å². The van der Waals surface area contributed by atoms with E-state index in [1.807, 2.05) is 25.4 Å². The first-order chi connectivity index (χ1) is 9.92. The minimum atomic E-state index is -1.08. The van der Waals surface area contributed by atoms with Crippen molar-refractivity contribution in [3.63, 3.8) is 0 Å². The molecule has 0 N–H and O–H groups in total. The standard InChI is InChI=1S/C13H16N2O2.C2H4O2.Ag/c1-14-7-8-15(10-14)9-11-3-5-12(6-4-11)13(16)17-2;1-2(3)4;/h3-8H,9-10H2,1-2H3;1H3,(H,3,4);/q;;+1/p-1. The number of carboxylic acids is 1. The summed E-state index contributed by atoms with van der Waals surface area (Å²) in [5, 5.41) is 8.89. The molecule has 1 aliphatic rings. The molecule has 0 unspecified atom stereocenters. The Morgan fingerprint density at radius 2 is 1.77 bits per heavy atom. The van der Waals surface area contributed by atoms with E-state index in [0.717, 1.165) is 20.1 Å². The molecule has 0 saturated heterocycles. The van der Waals surface area contributed by atoms with Gasteiger partial charge in [-0.25, -0.2) is 4.79 Å². The zero-order valence-electron chi connectivity index (χ0n) is 12.7. The van der Waals surface area contributed by atoms with Crippen molar-refractivity contribution in [1.29, 1.82) is 0 Å². The summed E-state index contributed by atoms with van der Waals surface area (Å²) in [6, 6.07) is 7.51. The van der Waals surface area contributed by atoms with Gasteiger partial charge in [0, 0.05) is 32.0 Å². The van der Waals surface area contributed by atoms with Gasteiger partial charge in [-0.15, -0.1) is 0 Å². The van der Waals surface area contributed by atoms with E-state index in [1.54, 1.807) is 12.1 Å². The van der Waals surface area contributed by atoms with Crippen molar-refractivity contribution < 1.29 is 41.8 Å². The van der Waals surface area contributed by atoms with Crippen LogP contribution in [0.3, 0.4) is 0 Å². The number of methoxy groups -OCH3 is 1. The van der Waals surface area contributed by atoms with Crippen molar-refractivity contribution in [2.75, 3.05) is 20.8 Å². The predicted octanol–water partition coefficient (Wildman–Crippen LogP) is 0.403. The molecule has 0 aliphatic carbocycles. The van der Waals surface area contributed by atoms with Gasteiger partial charge >= 0.3 is 28.3 Å². The van der Waals surface area contributed by atoms with E-state index >= 15 is 0 Å². The van der Waals surface area contributed by atoms with Gasteiger partial charge in [0.1, 0.15) is 0 Å². The predicted molar refractivity (Wildman–Crippen MR) is 75.8 cm³/mol. The fourth-order valence-corrected chi connectivity index (χ4v) is 1.79. The van der Waals surface area contributed by atoms with Crippen molar-refractivity contribution >= 4 is 11.9 Å². The van der Waals surface area contributed by atoms with Crippen LogP contribution in [0.1, 0.15) is 22.8 Å². The smallest absolute Gasteiger partial charge is 0.550 e. The second-order valence-electron chi connectivity index (χ2n) is 4.62. The van der Waals surface area contributed by atoms with Gasteiger partial charge in [-0.3, -0.25) is 0 Å². The Labute approximate surface area is 145 Å². The summed E-state index contributed by atoms with van der Waals surface area (Å²) in [7, 11) is 3.43. The zero-order chi connectivity index (χ0) is 15.8. The largest absolute Gasteiger partial charge is 1.00 e. The molecule has 1 aromatic rings. The maximum atomic E-state index is 11.3. The number of esters is 1. The normalized spacial score (nSPS) is 12.1. The van der Waals surface area contributed by atoms with Crippen molar-refractivity contribution in [2.24, 2.45) is 0 Å². The number of carboxylic acid groups (broad SMARTS) is 1. The average molecular weight is 399 g/mol. The first-order valence-corrected chi connectivity index (χ1v) is 6.40. The number of aliphatic carboxylic acids is 1. The number of carbonyl (C=O) groups excluding carboxylic acids is 2. The van der Waals surface area contributed by atoms with Crippen LogP contribution in [0.2, 0.25) is 0 Å². The fourth-order valence-electron chi connectivity index (χ4n) is 1.79. The third-order valence-corrected chi connectivity index (χ3v) is 2.70. The number of ether oxygens (including phenoxy) is 1. The van der Waals surface area contributed by atoms with E-state index in [1.165, 1.54) is 12.7 Å². The summed E-state index contributed by atoms with van der Waals surface area (Å²) in [5.74, 6) is -1.38. The molecule has 0 amide bonds. The second-order valence-corrected chi connectivity index (χ2v) is 4.62. The number of benzene rings is 1. The number of carbonyl (C=O) groups is 2. The third kappa shape index (κ3) is 7.31. The molecule has 0 bridgehead atoms. The SMILES string of the molecule is CC(=O)[O-].COC(=O)c1ccc(CN2C=CN(C)C2)cc1.[Ag+]. The summed E-state index contributed by atoms with van der Waals surface area (Å²) < 4.78 is 4.66. The van der Waals surface area contributed by atoms with E-state index in [9.17, 15) is 4.79 Å². The van der Waals surface area contributed by atoms with Crippen molar-refractivity contribution in [3.8, 4) is 0 Å². The summed E-state index contributed by atoms with van der Waals surface area (Å²) in [4.78, 5) is 24.5. The molecule has 1 aromatic carbocycles. The molecule has 0 radical (unpaired) electrons. The first kappa shape index (κ1) is 20.2.